The van der Waals surface area contributed by atoms with Gasteiger partial charge in [-0.1, -0.05) is 0 Å². The zero-order chi connectivity index (χ0) is 8.27. The van der Waals surface area contributed by atoms with Crippen LogP contribution in [-0.2, 0) is 0 Å². The van der Waals surface area contributed by atoms with Crippen LogP contribution in [0.5, 0.6) is 0 Å². The highest BCUT2D eigenvalue weighted by molar-refractivity contribution is 7.05. The molecule has 1 rings (SSSR count). The molecule has 1 aromatic heterocycles. The van der Waals surface area contributed by atoms with Crippen molar-refractivity contribution in [1.29, 1.82) is 0 Å². The number of nitrogens with zero attached hydrogens (tertiary/aromatic N) is 1. The van der Waals surface area contributed by atoms with Gasteiger partial charge in [-0.3, -0.25) is 0 Å². The Morgan fingerprint density at radius 1 is 1.91 bits per heavy atom. The molecule has 0 aliphatic rings. The fourth-order valence-corrected chi connectivity index (χ4v) is 1.53. The minimum Gasteiger partial charge on any atom is -0.322 e. The first kappa shape index (κ1) is 8.25. The summed E-state index contributed by atoms with van der Waals surface area (Å²) in [4.78, 5) is 1.07. The van der Waals surface area contributed by atoms with Gasteiger partial charge in [-0.05, 0) is 24.5 Å². The lowest BCUT2D eigenvalue weighted by Gasteiger charge is -2.01. The second-order valence-corrected chi connectivity index (χ2v) is 3.22. The predicted octanol–water partition coefficient (Wildman–Crippen LogP) is 1.47. The largest absolute Gasteiger partial charge is 0.322 e. The highest BCUT2D eigenvalue weighted by Gasteiger charge is 2.06. The van der Waals surface area contributed by atoms with Crippen LogP contribution in [-0.4, -0.2) is 4.37 Å². The van der Waals surface area contributed by atoms with E-state index in [2.05, 4.69) is 10.3 Å². The van der Waals surface area contributed by atoms with Gasteiger partial charge in [0, 0.05) is 11.3 Å². The molecule has 1 unspecified atom stereocenters. The fourth-order valence-electron chi connectivity index (χ4n) is 0.786. The van der Waals surface area contributed by atoms with Crippen molar-refractivity contribution in [2.24, 2.45) is 5.73 Å². The molecule has 58 valence electrons. The molecule has 0 radical (unpaired) electrons. The van der Waals surface area contributed by atoms with Crippen molar-refractivity contribution in [2.45, 2.75) is 19.4 Å². The summed E-state index contributed by atoms with van der Waals surface area (Å²) in [6, 6.07) is 1.94. The second-order valence-electron chi connectivity index (χ2n) is 2.39. The molecule has 0 bridgehead atoms. The number of aromatic nitrogens is 1. The van der Waals surface area contributed by atoms with Gasteiger partial charge < -0.3 is 5.73 Å². The molecule has 1 atom stereocenters. The maximum Gasteiger partial charge on any atom is 0.0516 e. The van der Waals surface area contributed by atoms with Gasteiger partial charge >= 0.3 is 0 Å². The normalized spacial score (nSPS) is 12.5. The average Bonchev–Trinajstić information content (AvgIpc) is 2.36. The van der Waals surface area contributed by atoms with Gasteiger partial charge in [-0.25, -0.2) is 0 Å². The second kappa shape index (κ2) is 3.51. The summed E-state index contributed by atoms with van der Waals surface area (Å²) in [7, 11) is 0. The Kier molecular flexibility index (Phi) is 2.64. The minimum absolute atomic E-state index is 0.0359. The molecule has 11 heavy (non-hydrogen) atoms. The van der Waals surface area contributed by atoms with Crippen molar-refractivity contribution >= 4 is 11.5 Å². The van der Waals surface area contributed by atoms with E-state index in [-0.39, 0.29) is 6.04 Å². The molecule has 1 heterocycles. The fraction of sp³-hybridized carbons (Fsp3) is 0.375. The van der Waals surface area contributed by atoms with Crippen molar-refractivity contribution in [3.63, 3.8) is 0 Å². The molecule has 0 aliphatic heterocycles. The third-order valence-electron chi connectivity index (χ3n) is 1.35. The molecule has 0 fully saturated rings. The summed E-state index contributed by atoms with van der Waals surface area (Å²) in [5.74, 6) is 2.53. The number of aryl methyl sites for hydroxylation is 1. The molecule has 3 heteroatoms. The van der Waals surface area contributed by atoms with Crippen LogP contribution in [0.1, 0.15) is 23.0 Å². The summed E-state index contributed by atoms with van der Waals surface area (Å²) >= 11 is 1.43. The molecule has 0 amide bonds. The van der Waals surface area contributed by atoms with Gasteiger partial charge in [-0.15, -0.1) is 12.3 Å². The minimum atomic E-state index is -0.0359. The zero-order valence-corrected chi connectivity index (χ0v) is 7.19. The quantitative estimate of drug-likeness (QED) is 0.676. The number of hydrogen-bond acceptors (Lipinski definition) is 3. The molecule has 0 aliphatic carbocycles. The van der Waals surface area contributed by atoms with Gasteiger partial charge in [0.25, 0.3) is 0 Å². The monoisotopic (exact) mass is 166 g/mol. The van der Waals surface area contributed by atoms with Gasteiger partial charge in [0.05, 0.1) is 11.7 Å². The summed E-state index contributed by atoms with van der Waals surface area (Å²) in [6.45, 7) is 1.95. The number of hydrogen-bond donors (Lipinski definition) is 1. The number of nitrogens with two attached hydrogens (primary N) is 1. The molecule has 0 saturated carbocycles. The van der Waals surface area contributed by atoms with E-state index in [0.717, 1.165) is 10.6 Å². The van der Waals surface area contributed by atoms with E-state index in [1.54, 1.807) is 0 Å². The summed E-state index contributed by atoms with van der Waals surface area (Å²) in [5.41, 5.74) is 6.76. The Morgan fingerprint density at radius 3 is 3.09 bits per heavy atom. The lowest BCUT2D eigenvalue weighted by atomic mass is 10.2. The van der Waals surface area contributed by atoms with Gasteiger partial charge in [0.1, 0.15) is 0 Å². The summed E-state index contributed by atoms with van der Waals surface area (Å²) in [5, 5.41) is 0. The first-order valence-electron chi connectivity index (χ1n) is 3.36. The van der Waals surface area contributed by atoms with Crippen molar-refractivity contribution < 1.29 is 0 Å². The molecule has 2 nitrogen and oxygen atoms in total. The molecule has 0 saturated heterocycles. The van der Waals surface area contributed by atoms with E-state index < -0.39 is 0 Å². The van der Waals surface area contributed by atoms with Gasteiger partial charge in [0.2, 0.25) is 0 Å². The third kappa shape index (κ3) is 2.04. The predicted molar refractivity (Wildman–Crippen MR) is 47.2 cm³/mol. The van der Waals surface area contributed by atoms with E-state index in [0.29, 0.717) is 6.42 Å². The maximum atomic E-state index is 5.75. The van der Waals surface area contributed by atoms with Crippen molar-refractivity contribution in [3.05, 3.63) is 16.6 Å². The number of rotatable bonds is 2. The van der Waals surface area contributed by atoms with E-state index in [9.17, 15) is 0 Å². The van der Waals surface area contributed by atoms with E-state index in [4.69, 9.17) is 12.2 Å². The van der Waals surface area contributed by atoms with Crippen LogP contribution in [0.25, 0.3) is 0 Å². The SMILES string of the molecule is C#CCC(N)c1cc(C)ns1. The van der Waals surface area contributed by atoms with Gasteiger partial charge in [0.15, 0.2) is 0 Å². The van der Waals surface area contributed by atoms with E-state index in [1.807, 2.05) is 13.0 Å². The van der Waals surface area contributed by atoms with E-state index >= 15 is 0 Å². The molecular weight excluding hydrogens is 156 g/mol. The zero-order valence-electron chi connectivity index (χ0n) is 6.37. The van der Waals surface area contributed by atoms with Crippen LogP contribution in [0.3, 0.4) is 0 Å². The molecular formula is C8H10N2S. The topological polar surface area (TPSA) is 38.9 Å². The van der Waals surface area contributed by atoms with Crippen LogP contribution in [0.15, 0.2) is 6.07 Å². The lowest BCUT2D eigenvalue weighted by molar-refractivity contribution is 0.771. The Labute approximate surface area is 70.6 Å². The molecule has 1 aromatic rings. The van der Waals surface area contributed by atoms with E-state index in [1.165, 1.54) is 11.5 Å². The molecule has 0 aromatic carbocycles. The highest BCUT2D eigenvalue weighted by Crippen LogP contribution is 2.18. The molecule has 2 N–H and O–H groups in total. The third-order valence-corrected chi connectivity index (χ3v) is 2.36. The van der Waals surface area contributed by atoms with Gasteiger partial charge in [-0.2, -0.15) is 4.37 Å². The average molecular weight is 166 g/mol. The van der Waals surface area contributed by atoms with Crippen LogP contribution < -0.4 is 5.73 Å². The van der Waals surface area contributed by atoms with Crippen LogP contribution in [0.4, 0.5) is 0 Å². The van der Waals surface area contributed by atoms with Crippen LogP contribution in [0, 0.1) is 19.3 Å². The van der Waals surface area contributed by atoms with Crippen molar-refractivity contribution in [1.82, 2.24) is 4.37 Å². The van der Waals surface area contributed by atoms with Crippen molar-refractivity contribution in [3.8, 4) is 12.3 Å². The maximum absolute atomic E-state index is 5.75. The Balaban J connectivity index is 2.70. The highest BCUT2D eigenvalue weighted by atomic mass is 32.1. The number of terminal acetylenes is 1. The van der Waals surface area contributed by atoms with Crippen molar-refractivity contribution in [2.75, 3.05) is 0 Å². The summed E-state index contributed by atoms with van der Waals surface area (Å²) < 4.78 is 4.11. The standard InChI is InChI=1S/C8H10N2S/c1-3-4-7(9)8-5-6(2)10-11-8/h1,5,7H,4,9H2,2H3. The summed E-state index contributed by atoms with van der Waals surface area (Å²) in [6.07, 6.45) is 5.71. The first-order valence-corrected chi connectivity index (χ1v) is 4.13. The Hall–Kier alpha value is -0.850. The van der Waals surface area contributed by atoms with Crippen LogP contribution >= 0.6 is 11.5 Å². The molecule has 0 spiro atoms. The van der Waals surface area contributed by atoms with Crippen LogP contribution in [0.2, 0.25) is 0 Å². The smallest absolute Gasteiger partial charge is 0.0516 e. The lowest BCUT2D eigenvalue weighted by Crippen LogP contribution is -2.06. The first-order chi connectivity index (χ1) is 5.24. The Morgan fingerprint density at radius 2 is 2.64 bits per heavy atom. The Bertz CT molecular complexity index is 272.